The highest BCUT2D eigenvalue weighted by Gasteiger charge is 2.20. The van der Waals surface area contributed by atoms with Gasteiger partial charge in [-0.05, 0) is 59.8 Å². The summed E-state index contributed by atoms with van der Waals surface area (Å²) in [5.41, 5.74) is 4.22. The highest BCUT2D eigenvalue weighted by Crippen LogP contribution is 2.32. The molecule has 6 nitrogen and oxygen atoms in total. The van der Waals surface area contributed by atoms with Gasteiger partial charge in [0.1, 0.15) is 19.0 Å². The molecular formula is C33H36N2O4. The van der Waals surface area contributed by atoms with Crippen LogP contribution in [0.4, 0.5) is 5.69 Å². The SMILES string of the molecule is CCCCC(NCCc1ccc(OCc2ccccc2)cc1)c1ccc(OCc2ccccc2)c([N+](=O)[O-])c1. The lowest BCUT2D eigenvalue weighted by atomic mass is 9.99. The molecule has 1 atom stereocenters. The van der Waals surface area contributed by atoms with Crippen LogP contribution in [0, 0.1) is 10.1 Å². The van der Waals surface area contributed by atoms with Gasteiger partial charge in [-0.15, -0.1) is 0 Å². The maximum absolute atomic E-state index is 11.9. The third-order valence-electron chi connectivity index (χ3n) is 6.64. The zero-order valence-electron chi connectivity index (χ0n) is 22.4. The zero-order valence-corrected chi connectivity index (χ0v) is 22.4. The molecule has 1 N–H and O–H groups in total. The van der Waals surface area contributed by atoms with E-state index < -0.39 is 0 Å². The van der Waals surface area contributed by atoms with Crippen LogP contribution in [0.5, 0.6) is 11.5 Å². The average Bonchev–Trinajstić information content (AvgIpc) is 2.98. The Labute approximate surface area is 230 Å². The van der Waals surface area contributed by atoms with E-state index >= 15 is 0 Å². The predicted octanol–water partition coefficient (Wildman–Crippen LogP) is 7.82. The summed E-state index contributed by atoms with van der Waals surface area (Å²) in [4.78, 5) is 11.5. The summed E-state index contributed by atoms with van der Waals surface area (Å²) in [6, 6.07) is 33.3. The number of nitro groups is 1. The molecule has 0 heterocycles. The quantitative estimate of drug-likeness (QED) is 0.127. The van der Waals surface area contributed by atoms with Gasteiger partial charge in [0.15, 0.2) is 5.75 Å². The Balaban J connectivity index is 1.35. The smallest absolute Gasteiger partial charge is 0.311 e. The van der Waals surface area contributed by atoms with Crippen LogP contribution in [0.3, 0.4) is 0 Å². The molecule has 0 aliphatic heterocycles. The third kappa shape index (κ3) is 8.69. The summed E-state index contributed by atoms with van der Waals surface area (Å²) in [7, 11) is 0. The van der Waals surface area contributed by atoms with Gasteiger partial charge < -0.3 is 14.8 Å². The first kappa shape index (κ1) is 27.9. The Morgan fingerprint density at radius 3 is 2.05 bits per heavy atom. The molecule has 0 aliphatic rings. The fourth-order valence-corrected chi connectivity index (χ4v) is 4.43. The van der Waals surface area contributed by atoms with Crippen LogP contribution >= 0.6 is 0 Å². The van der Waals surface area contributed by atoms with Gasteiger partial charge in [0.2, 0.25) is 0 Å². The number of benzene rings is 4. The van der Waals surface area contributed by atoms with E-state index in [1.165, 1.54) is 5.56 Å². The van der Waals surface area contributed by atoms with E-state index in [9.17, 15) is 10.1 Å². The molecule has 4 aromatic carbocycles. The second-order valence-electron chi connectivity index (χ2n) is 9.58. The number of nitro benzene ring substituents is 1. The van der Waals surface area contributed by atoms with Crippen molar-refractivity contribution in [2.75, 3.05) is 6.54 Å². The molecule has 1 unspecified atom stereocenters. The number of unbranched alkanes of at least 4 members (excludes halogenated alkanes) is 1. The van der Waals surface area contributed by atoms with Crippen LogP contribution in [-0.2, 0) is 19.6 Å². The highest BCUT2D eigenvalue weighted by molar-refractivity contribution is 5.49. The monoisotopic (exact) mass is 524 g/mol. The number of rotatable bonds is 15. The van der Waals surface area contributed by atoms with Crippen molar-refractivity contribution in [3.63, 3.8) is 0 Å². The summed E-state index contributed by atoms with van der Waals surface area (Å²) in [5.74, 6) is 1.13. The number of hydrogen-bond acceptors (Lipinski definition) is 5. The van der Waals surface area contributed by atoms with E-state index in [1.54, 1.807) is 12.1 Å². The first-order chi connectivity index (χ1) is 19.1. The predicted molar refractivity (Wildman–Crippen MR) is 155 cm³/mol. The zero-order chi connectivity index (χ0) is 27.3. The molecule has 0 saturated heterocycles. The molecule has 4 aromatic rings. The second kappa shape index (κ2) is 14.7. The maximum atomic E-state index is 11.9. The molecule has 0 fully saturated rings. The largest absolute Gasteiger partial charge is 0.489 e. The fourth-order valence-electron chi connectivity index (χ4n) is 4.43. The van der Waals surface area contributed by atoms with Crippen molar-refractivity contribution >= 4 is 5.69 Å². The van der Waals surface area contributed by atoms with Gasteiger partial charge in [0, 0.05) is 12.1 Å². The normalized spacial score (nSPS) is 11.6. The minimum absolute atomic E-state index is 0.00202. The first-order valence-electron chi connectivity index (χ1n) is 13.6. The van der Waals surface area contributed by atoms with Gasteiger partial charge in [-0.1, -0.05) is 98.6 Å². The van der Waals surface area contributed by atoms with Crippen molar-refractivity contribution < 1.29 is 14.4 Å². The molecule has 0 saturated carbocycles. The minimum atomic E-state index is -0.359. The molecule has 0 radical (unpaired) electrons. The van der Waals surface area contributed by atoms with Crippen molar-refractivity contribution in [2.24, 2.45) is 0 Å². The first-order valence-corrected chi connectivity index (χ1v) is 13.6. The minimum Gasteiger partial charge on any atom is -0.489 e. The van der Waals surface area contributed by atoms with Crippen LogP contribution in [0.2, 0.25) is 0 Å². The van der Waals surface area contributed by atoms with Crippen molar-refractivity contribution in [2.45, 2.75) is 51.9 Å². The van der Waals surface area contributed by atoms with E-state index in [0.29, 0.717) is 6.61 Å². The summed E-state index contributed by atoms with van der Waals surface area (Å²) < 4.78 is 11.7. The number of hydrogen-bond donors (Lipinski definition) is 1. The summed E-state index contributed by atoms with van der Waals surface area (Å²) >= 11 is 0. The summed E-state index contributed by atoms with van der Waals surface area (Å²) in [6.07, 6.45) is 3.85. The van der Waals surface area contributed by atoms with Crippen LogP contribution in [0.1, 0.15) is 54.5 Å². The topological polar surface area (TPSA) is 73.6 Å². The van der Waals surface area contributed by atoms with Crippen LogP contribution in [-0.4, -0.2) is 11.5 Å². The van der Waals surface area contributed by atoms with E-state index in [-0.39, 0.29) is 29.0 Å². The Kier molecular flexibility index (Phi) is 10.5. The van der Waals surface area contributed by atoms with Gasteiger partial charge >= 0.3 is 5.69 Å². The van der Waals surface area contributed by atoms with E-state index in [4.69, 9.17) is 9.47 Å². The van der Waals surface area contributed by atoms with Crippen molar-refractivity contribution in [1.29, 1.82) is 0 Å². The van der Waals surface area contributed by atoms with Crippen molar-refractivity contribution in [3.05, 3.63) is 135 Å². The molecule has 0 amide bonds. The number of nitrogens with one attached hydrogen (secondary N) is 1. The van der Waals surface area contributed by atoms with E-state index in [0.717, 1.165) is 54.7 Å². The Morgan fingerprint density at radius 2 is 1.44 bits per heavy atom. The Morgan fingerprint density at radius 1 is 0.795 bits per heavy atom. The van der Waals surface area contributed by atoms with E-state index in [2.05, 4.69) is 36.5 Å². The maximum Gasteiger partial charge on any atom is 0.311 e. The summed E-state index contributed by atoms with van der Waals surface area (Å²) in [6.45, 7) is 3.75. The average molecular weight is 525 g/mol. The molecular weight excluding hydrogens is 488 g/mol. The van der Waals surface area contributed by atoms with Gasteiger partial charge in [0.05, 0.1) is 4.92 Å². The van der Waals surface area contributed by atoms with Gasteiger partial charge in [0.25, 0.3) is 0 Å². The fraction of sp³-hybridized carbons (Fsp3) is 0.273. The van der Waals surface area contributed by atoms with E-state index in [1.807, 2.05) is 66.7 Å². The van der Waals surface area contributed by atoms with Gasteiger partial charge in [-0.2, -0.15) is 0 Å². The molecule has 39 heavy (non-hydrogen) atoms. The molecule has 0 spiro atoms. The lowest BCUT2D eigenvalue weighted by Crippen LogP contribution is -2.24. The number of nitrogens with zero attached hydrogens (tertiary/aromatic N) is 1. The molecule has 0 aliphatic carbocycles. The number of ether oxygens (including phenoxy) is 2. The Hall–Kier alpha value is -4.16. The van der Waals surface area contributed by atoms with Crippen LogP contribution < -0.4 is 14.8 Å². The summed E-state index contributed by atoms with van der Waals surface area (Å²) in [5, 5.41) is 15.5. The van der Waals surface area contributed by atoms with Gasteiger partial charge in [-0.3, -0.25) is 10.1 Å². The standard InChI is InChI=1S/C33H36N2O4/c1-2-3-14-31(29-17-20-33(32(23-29)35(36)37)39-25-28-12-8-5-9-13-28)34-22-21-26-15-18-30(19-16-26)38-24-27-10-6-4-7-11-27/h4-13,15-20,23,31,34H,2-3,14,21-22,24-25H2,1H3. The van der Waals surface area contributed by atoms with Crippen LogP contribution in [0.15, 0.2) is 103 Å². The molecule has 0 aromatic heterocycles. The van der Waals surface area contributed by atoms with Gasteiger partial charge in [-0.25, -0.2) is 0 Å². The molecule has 4 rings (SSSR count). The molecule has 202 valence electrons. The Bertz CT molecular complexity index is 1290. The lowest BCUT2D eigenvalue weighted by molar-refractivity contribution is -0.386. The second-order valence-corrected chi connectivity index (χ2v) is 9.58. The van der Waals surface area contributed by atoms with Crippen LogP contribution in [0.25, 0.3) is 0 Å². The third-order valence-corrected chi connectivity index (χ3v) is 6.64. The van der Waals surface area contributed by atoms with Crippen molar-refractivity contribution in [1.82, 2.24) is 5.32 Å². The highest BCUT2D eigenvalue weighted by atomic mass is 16.6. The van der Waals surface area contributed by atoms with Crippen molar-refractivity contribution in [3.8, 4) is 11.5 Å². The molecule has 6 heteroatoms. The molecule has 0 bridgehead atoms. The lowest BCUT2D eigenvalue weighted by Gasteiger charge is -2.20.